The molecule has 0 spiro atoms. The molecule has 4 heteroatoms. The predicted octanol–water partition coefficient (Wildman–Crippen LogP) is 1.67. The summed E-state index contributed by atoms with van der Waals surface area (Å²) in [6.45, 7) is 3.93. The Bertz CT molecular complexity index is 356. The molecule has 1 aromatic heterocycles. The van der Waals surface area contributed by atoms with Crippen molar-refractivity contribution in [2.45, 2.75) is 32.2 Å². The van der Waals surface area contributed by atoms with Crippen molar-refractivity contribution in [1.29, 1.82) is 0 Å². The van der Waals surface area contributed by atoms with Crippen LogP contribution in [-0.2, 0) is 18.2 Å². The van der Waals surface area contributed by atoms with Gasteiger partial charge in [-0.2, -0.15) is 5.10 Å². The lowest BCUT2D eigenvalue weighted by molar-refractivity contribution is 0.0536. The van der Waals surface area contributed by atoms with Crippen molar-refractivity contribution in [3.8, 4) is 0 Å². The minimum atomic E-state index is 0.400. The van der Waals surface area contributed by atoms with Gasteiger partial charge in [0.05, 0.1) is 17.4 Å². The van der Waals surface area contributed by atoms with E-state index in [0.717, 1.165) is 32.5 Å². The highest BCUT2D eigenvalue weighted by Crippen LogP contribution is 2.29. The van der Waals surface area contributed by atoms with Crippen LogP contribution in [-0.4, -0.2) is 30.0 Å². The van der Waals surface area contributed by atoms with Crippen LogP contribution in [0.3, 0.4) is 0 Å². The molecular weight excluding hydrogens is 214 g/mol. The average molecular weight is 237 g/mol. The Morgan fingerprint density at radius 1 is 1.53 bits per heavy atom. The Balaban J connectivity index is 2.18. The Labute approximate surface area is 103 Å². The van der Waals surface area contributed by atoms with Crippen LogP contribution in [0.1, 0.15) is 37.2 Å². The minimum absolute atomic E-state index is 0.400. The Hall–Kier alpha value is -0.870. The predicted molar refractivity (Wildman–Crippen MR) is 67.9 cm³/mol. The Kier molecular flexibility index (Phi) is 4.18. The summed E-state index contributed by atoms with van der Waals surface area (Å²) >= 11 is 0. The maximum absolute atomic E-state index is 5.44. The molecule has 0 aromatic carbocycles. The molecule has 1 N–H and O–H groups in total. The van der Waals surface area contributed by atoms with E-state index >= 15 is 0 Å². The number of hydrogen-bond donors (Lipinski definition) is 1. The first-order valence-electron chi connectivity index (χ1n) is 6.54. The molecule has 0 radical (unpaired) electrons. The van der Waals surface area contributed by atoms with Gasteiger partial charge in [-0.3, -0.25) is 4.68 Å². The van der Waals surface area contributed by atoms with Crippen molar-refractivity contribution < 1.29 is 4.74 Å². The smallest absolute Gasteiger partial charge is 0.0625 e. The van der Waals surface area contributed by atoms with Gasteiger partial charge in [-0.1, -0.05) is 6.92 Å². The van der Waals surface area contributed by atoms with E-state index in [4.69, 9.17) is 4.74 Å². The van der Waals surface area contributed by atoms with Crippen LogP contribution in [0.5, 0.6) is 0 Å². The van der Waals surface area contributed by atoms with Crippen LogP contribution in [0.4, 0.5) is 0 Å². The second-order valence-electron chi connectivity index (χ2n) is 4.75. The highest BCUT2D eigenvalue weighted by molar-refractivity contribution is 5.15. The average Bonchev–Trinajstić information content (AvgIpc) is 2.73. The van der Waals surface area contributed by atoms with Gasteiger partial charge in [-0.15, -0.1) is 0 Å². The minimum Gasteiger partial charge on any atom is -0.381 e. The lowest BCUT2D eigenvalue weighted by Gasteiger charge is -2.30. The Morgan fingerprint density at radius 3 is 2.76 bits per heavy atom. The van der Waals surface area contributed by atoms with Crippen LogP contribution in [0, 0.1) is 5.92 Å². The topological polar surface area (TPSA) is 39.1 Å². The maximum Gasteiger partial charge on any atom is 0.0625 e. The van der Waals surface area contributed by atoms with Crippen molar-refractivity contribution in [2.24, 2.45) is 13.0 Å². The van der Waals surface area contributed by atoms with Crippen molar-refractivity contribution in [2.75, 3.05) is 20.3 Å². The van der Waals surface area contributed by atoms with E-state index in [-0.39, 0.29) is 0 Å². The molecule has 0 saturated carbocycles. The zero-order chi connectivity index (χ0) is 12.3. The van der Waals surface area contributed by atoms with Gasteiger partial charge in [-0.05, 0) is 38.3 Å². The number of nitrogens with one attached hydrogen (secondary N) is 1. The van der Waals surface area contributed by atoms with E-state index in [9.17, 15) is 0 Å². The first-order valence-corrected chi connectivity index (χ1v) is 6.54. The number of hydrogen-bond acceptors (Lipinski definition) is 3. The van der Waals surface area contributed by atoms with Crippen molar-refractivity contribution >= 4 is 0 Å². The second-order valence-corrected chi connectivity index (χ2v) is 4.75. The summed E-state index contributed by atoms with van der Waals surface area (Å²) in [7, 11) is 4.08. The molecule has 1 unspecified atom stereocenters. The lowest BCUT2D eigenvalue weighted by Crippen LogP contribution is -2.31. The van der Waals surface area contributed by atoms with E-state index in [1.165, 1.54) is 11.4 Å². The zero-order valence-corrected chi connectivity index (χ0v) is 11.1. The van der Waals surface area contributed by atoms with Gasteiger partial charge in [0.1, 0.15) is 0 Å². The van der Waals surface area contributed by atoms with Crippen LogP contribution in [0.15, 0.2) is 6.07 Å². The molecule has 1 fully saturated rings. The number of rotatable bonds is 4. The molecule has 2 heterocycles. The quantitative estimate of drug-likeness (QED) is 0.866. The van der Waals surface area contributed by atoms with E-state index in [0.29, 0.717) is 12.0 Å². The second kappa shape index (κ2) is 5.65. The summed E-state index contributed by atoms with van der Waals surface area (Å²) in [6, 6.07) is 2.63. The maximum atomic E-state index is 5.44. The van der Waals surface area contributed by atoms with Crippen LogP contribution in [0.2, 0.25) is 0 Å². The molecular formula is C13H23N3O. The summed E-state index contributed by atoms with van der Waals surface area (Å²) in [6.07, 6.45) is 3.27. The van der Waals surface area contributed by atoms with Gasteiger partial charge >= 0.3 is 0 Å². The fourth-order valence-electron chi connectivity index (χ4n) is 2.68. The molecule has 4 nitrogen and oxygen atoms in total. The molecule has 0 bridgehead atoms. The van der Waals surface area contributed by atoms with Crippen LogP contribution in [0.25, 0.3) is 0 Å². The Morgan fingerprint density at radius 2 is 2.24 bits per heavy atom. The fourth-order valence-corrected chi connectivity index (χ4v) is 2.68. The molecule has 1 atom stereocenters. The third kappa shape index (κ3) is 2.69. The largest absolute Gasteiger partial charge is 0.381 e. The molecule has 0 amide bonds. The summed E-state index contributed by atoms with van der Waals surface area (Å²) < 4.78 is 7.46. The van der Waals surface area contributed by atoms with Crippen molar-refractivity contribution in [3.05, 3.63) is 17.5 Å². The van der Waals surface area contributed by atoms with E-state index < -0.39 is 0 Å². The van der Waals surface area contributed by atoms with E-state index in [1.807, 2.05) is 18.8 Å². The van der Waals surface area contributed by atoms with Gasteiger partial charge in [0.2, 0.25) is 0 Å². The summed E-state index contributed by atoms with van der Waals surface area (Å²) in [5.41, 5.74) is 2.48. The first kappa shape index (κ1) is 12.6. The van der Waals surface area contributed by atoms with E-state index in [1.54, 1.807) is 0 Å². The van der Waals surface area contributed by atoms with Gasteiger partial charge < -0.3 is 10.1 Å². The molecule has 0 aliphatic carbocycles. The van der Waals surface area contributed by atoms with Crippen molar-refractivity contribution in [3.63, 3.8) is 0 Å². The third-order valence-electron chi connectivity index (χ3n) is 3.70. The summed E-state index contributed by atoms with van der Waals surface area (Å²) in [4.78, 5) is 0. The molecule has 1 aliphatic rings. The number of nitrogens with zero attached hydrogens (tertiary/aromatic N) is 2. The van der Waals surface area contributed by atoms with Gasteiger partial charge in [0, 0.05) is 20.3 Å². The van der Waals surface area contributed by atoms with Crippen LogP contribution < -0.4 is 5.32 Å². The van der Waals surface area contributed by atoms with Crippen molar-refractivity contribution in [1.82, 2.24) is 15.1 Å². The van der Waals surface area contributed by atoms with Gasteiger partial charge in [0.25, 0.3) is 0 Å². The molecule has 1 aromatic rings. The lowest BCUT2D eigenvalue weighted by atomic mass is 9.89. The number of aromatic nitrogens is 2. The standard InChI is InChI=1S/C13H23N3O/c1-4-11-9-12(16(3)15-11)13(14-2)10-5-7-17-8-6-10/h9-10,13-14H,4-8H2,1-3H3. The highest BCUT2D eigenvalue weighted by Gasteiger charge is 2.26. The molecule has 1 saturated heterocycles. The molecule has 17 heavy (non-hydrogen) atoms. The number of ether oxygens (including phenoxy) is 1. The SMILES string of the molecule is CCc1cc(C(NC)C2CCOCC2)n(C)n1. The zero-order valence-electron chi connectivity index (χ0n) is 11.1. The van der Waals surface area contributed by atoms with Crippen LogP contribution >= 0.6 is 0 Å². The molecule has 96 valence electrons. The molecule has 1 aliphatic heterocycles. The summed E-state index contributed by atoms with van der Waals surface area (Å²) in [5, 5.41) is 7.99. The van der Waals surface area contributed by atoms with Gasteiger partial charge in [-0.25, -0.2) is 0 Å². The highest BCUT2D eigenvalue weighted by atomic mass is 16.5. The third-order valence-corrected chi connectivity index (χ3v) is 3.70. The monoisotopic (exact) mass is 237 g/mol. The first-order chi connectivity index (χ1) is 8.26. The normalized spacial score (nSPS) is 19.5. The molecule has 2 rings (SSSR count). The summed E-state index contributed by atoms with van der Waals surface area (Å²) in [5.74, 6) is 0.661. The van der Waals surface area contributed by atoms with E-state index in [2.05, 4.69) is 23.4 Å². The fraction of sp³-hybridized carbons (Fsp3) is 0.769. The number of aryl methyl sites for hydroxylation is 2. The van der Waals surface area contributed by atoms with Gasteiger partial charge in [0.15, 0.2) is 0 Å².